The second kappa shape index (κ2) is 24.1. The number of benzene rings is 3. The number of rotatable bonds is 23. The Balaban J connectivity index is 1.40. The Morgan fingerprint density at radius 1 is 0.588 bits per heavy atom. The molecular formula is C44H56F2O5. The summed E-state index contributed by atoms with van der Waals surface area (Å²) in [6.45, 7) is 6.71. The van der Waals surface area contributed by atoms with Gasteiger partial charge in [0.25, 0.3) is 0 Å². The molecule has 0 saturated heterocycles. The number of hydrogen-bond acceptors (Lipinski definition) is 5. The first-order valence-corrected chi connectivity index (χ1v) is 19.1. The van der Waals surface area contributed by atoms with Gasteiger partial charge in [0.2, 0.25) is 0 Å². The van der Waals surface area contributed by atoms with Crippen molar-refractivity contribution in [2.24, 2.45) is 0 Å². The molecule has 3 aromatic rings. The van der Waals surface area contributed by atoms with E-state index in [0.717, 1.165) is 57.1 Å². The first-order valence-electron chi connectivity index (χ1n) is 19.1. The lowest BCUT2D eigenvalue weighted by Crippen LogP contribution is -2.15. The van der Waals surface area contributed by atoms with E-state index in [2.05, 4.69) is 25.7 Å². The van der Waals surface area contributed by atoms with Gasteiger partial charge < -0.3 is 14.2 Å². The summed E-state index contributed by atoms with van der Waals surface area (Å²) in [5.41, 5.74) is 1.39. The van der Waals surface area contributed by atoms with Gasteiger partial charge in [-0.15, -0.1) is 0 Å². The third-order valence-electron chi connectivity index (χ3n) is 8.80. The average Bonchev–Trinajstić information content (AvgIpc) is 3.13. The smallest absolute Gasteiger partial charge is 0.343 e. The van der Waals surface area contributed by atoms with Crippen LogP contribution in [-0.4, -0.2) is 24.6 Å². The molecule has 0 unspecified atom stereocenters. The largest absolute Gasteiger partial charge is 0.491 e. The van der Waals surface area contributed by atoms with Crippen LogP contribution in [0.3, 0.4) is 0 Å². The number of unbranched alkanes of at least 4 members (excludes halogenated alkanes) is 14. The minimum Gasteiger partial charge on any atom is -0.491 e. The molecule has 0 bridgehead atoms. The molecule has 0 heterocycles. The van der Waals surface area contributed by atoms with Crippen molar-refractivity contribution in [3.63, 3.8) is 0 Å². The van der Waals surface area contributed by atoms with Gasteiger partial charge in [0, 0.05) is 11.1 Å². The predicted octanol–water partition coefficient (Wildman–Crippen LogP) is 12.2. The van der Waals surface area contributed by atoms with Gasteiger partial charge in [-0.3, -0.25) is 0 Å². The lowest BCUT2D eigenvalue weighted by Gasteiger charge is -2.13. The molecular weight excluding hydrogens is 646 g/mol. The predicted molar refractivity (Wildman–Crippen MR) is 200 cm³/mol. The molecule has 5 nitrogen and oxygen atoms in total. The number of ether oxygens (including phenoxy) is 3. The van der Waals surface area contributed by atoms with E-state index in [-0.39, 0.29) is 29.1 Å². The Kier molecular flexibility index (Phi) is 19.5. The zero-order valence-electron chi connectivity index (χ0n) is 30.9. The van der Waals surface area contributed by atoms with Crippen LogP contribution in [0.2, 0.25) is 0 Å². The number of halogens is 2. The first kappa shape index (κ1) is 41.2. The van der Waals surface area contributed by atoms with Crippen molar-refractivity contribution in [3.05, 3.63) is 94.6 Å². The Morgan fingerprint density at radius 3 is 1.71 bits per heavy atom. The van der Waals surface area contributed by atoms with Crippen LogP contribution in [0.1, 0.15) is 162 Å². The van der Waals surface area contributed by atoms with Crippen molar-refractivity contribution >= 4 is 11.9 Å². The summed E-state index contributed by atoms with van der Waals surface area (Å²) >= 11 is 0. The lowest BCUT2D eigenvalue weighted by molar-refractivity contribution is 0.0319. The molecule has 0 spiro atoms. The number of esters is 2. The molecule has 0 aliphatic carbocycles. The summed E-state index contributed by atoms with van der Waals surface area (Å²) < 4.78 is 45.9. The van der Waals surface area contributed by atoms with Crippen molar-refractivity contribution in [2.75, 3.05) is 6.61 Å². The van der Waals surface area contributed by atoms with Gasteiger partial charge in [-0.2, -0.15) is 0 Å². The molecule has 276 valence electrons. The van der Waals surface area contributed by atoms with Crippen molar-refractivity contribution in [3.8, 4) is 23.3 Å². The van der Waals surface area contributed by atoms with Crippen LogP contribution in [0.5, 0.6) is 11.5 Å². The number of carbonyl (C=O) groups excluding carboxylic acids is 2. The summed E-state index contributed by atoms with van der Waals surface area (Å²) in [5, 5.41) is 0. The first-order chi connectivity index (χ1) is 24.8. The van der Waals surface area contributed by atoms with Crippen LogP contribution in [-0.2, 0) is 4.74 Å². The molecule has 0 aliphatic rings. The van der Waals surface area contributed by atoms with Crippen LogP contribution in [0.15, 0.2) is 60.7 Å². The van der Waals surface area contributed by atoms with Crippen LogP contribution >= 0.6 is 0 Å². The maximum absolute atomic E-state index is 14.8. The van der Waals surface area contributed by atoms with Crippen LogP contribution < -0.4 is 9.47 Å². The normalized spacial score (nSPS) is 11.4. The van der Waals surface area contributed by atoms with E-state index in [0.29, 0.717) is 23.3 Å². The van der Waals surface area contributed by atoms with Crippen LogP contribution in [0.25, 0.3) is 0 Å². The molecule has 1 atom stereocenters. The van der Waals surface area contributed by atoms with Gasteiger partial charge >= 0.3 is 11.9 Å². The highest BCUT2D eigenvalue weighted by atomic mass is 19.1. The van der Waals surface area contributed by atoms with Gasteiger partial charge in [0.05, 0.1) is 23.8 Å². The number of carbonyl (C=O) groups is 2. The second-order valence-corrected chi connectivity index (χ2v) is 13.3. The molecule has 0 amide bonds. The van der Waals surface area contributed by atoms with Crippen LogP contribution in [0, 0.1) is 23.5 Å². The average molecular weight is 703 g/mol. The zero-order chi connectivity index (χ0) is 36.7. The van der Waals surface area contributed by atoms with Gasteiger partial charge in [-0.25, -0.2) is 18.4 Å². The summed E-state index contributed by atoms with van der Waals surface area (Å²) in [6, 6.07) is 14.6. The highest BCUT2D eigenvalue weighted by molar-refractivity contribution is 5.91. The van der Waals surface area contributed by atoms with E-state index in [1.165, 1.54) is 88.5 Å². The van der Waals surface area contributed by atoms with Gasteiger partial charge in [0.15, 0.2) is 23.1 Å². The molecule has 0 fully saturated rings. The monoisotopic (exact) mass is 702 g/mol. The molecule has 0 radical (unpaired) electrons. The Labute approximate surface area is 304 Å². The molecule has 51 heavy (non-hydrogen) atoms. The van der Waals surface area contributed by atoms with Gasteiger partial charge in [-0.05, 0) is 86.8 Å². The van der Waals surface area contributed by atoms with E-state index in [1.807, 2.05) is 6.92 Å². The fourth-order valence-corrected chi connectivity index (χ4v) is 5.69. The van der Waals surface area contributed by atoms with Crippen LogP contribution in [0.4, 0.5) is 8.78 Å². The fraction of sp³-hybridized carbons (Fsp3) is 0.500. The summed E-state index contributed by atoms with van der Waals surface area (Å²) in [5.74, 6) is 2.89. The minimum absolute atomic E-state index is 0.0535. The van der Waals surface area contributed by atoms with Crippen molar-refractivity contribution in [1.29, 1.82) is 0 Å². The lowest BCUT2D eigenvalue weighted by atomic mass is 10.1. The van der Waals surface area contributed by atoms with E-state index >= 15 is 0 Å². The highest BCUT2D eigenvalue weighted by Gasteiger charge is 2.16. The maximum atomic E-state index is 14.8. The molecule has 0 aliphatic heterocycles. The summed E-state index contributed by atoms with van der Waals surface area (Å²) in [7, 11) is 0. The van der Waals surface area contributed by atoms with E-state index in [1.54, 1.807) is 24.3 Å². The highest BCUT2D eigenvalue weighted by Crippen LogP contribution is 2.23. The van der Waals surface area contributed by atoms with E-state index in [9.17, 15) is 18.4 Å². The summed E-state index contributed by atoms with van der Waals surface area (Å²) in [4.78, 5) is 25.1. The quantitative estimate of drug-likeness (QED) is 0.0426. The van der Waals surface area contributed by atoms with E-state index < -0.39 is 17.6 Å². The zero-order valence-corrected chi connectivity index (χ0v) is 30.9. The summed E-state index contributed by atoms with van der Waals surface area (Å²) in [6.07, 6.45) is 20.0. The van der Waals surface area contributed by atoms with Gasteiger partial charge in [0.1, 0.15) is 0 Å². The number of hydrogen-bond donors (Lipinski definition) is 0. The maximum Gasteiger partial charge on any atom is 0.343 e. The Morgan fingerprint density at radius 2 is 1.10 bits per heavy atom. The SMILES string of the molecule is CCCCCCCCCCCCCCOc1ccc(C(=O)Oc2ccc(C#Cc3ccc(C(=O)O[C@H](C)CCCCCC)cc3)cc2F)cc1F. The Hall–Kier alpha value is -4.18. The molecule has 0 aromatic heterocycles. The topological polar surface area (TPSA) is 61.8 Å². The molecule has 3 rings (SSSR count). The molecule has 0 saturated carbocycles. The molecule has 0 N–H and O–H groups in total. The third kappa shape index (κ3) is 16.1. The Bertz CT molecular complexity index is 1540. The van der Waals surface area contributed by atoms with Crippen molar-refractivity contribution < 1.29 is 32.6 Å². The third-order valence-corrected chi connectivity index (χ3v) is 8.80. The fourth-order valence-electron chi connectivity index (χ4n) is 5.69. The minimum atomic E-state index is -0.886. The van der Waals surface area contributed by atoms with Gasteiger partial charge in [-0.1, -0.05) is 116 Å². The van der Waals surface area contributed by atoms with Crippen molar-refractivity contribution in [2.45, 2.75) is 136 Å². The second-order valence-electron chi connectivity index (χ2n) is 13.3. The van der Waals surface area contributed by atoms with Crippen molar-refractivity contribution in [1.82, 2.24) is 0 Å². The standard InChI is InChI=1S/C44H56F2O5/c1-4-6-8-10-11-12-13-14-15-16-17-19-31-49-41-30-28-38(33-40(41)46)44(48)51-42-29-25-36(32-39(42)45)22-21-35-23-26-37(27-24-35)43(47)50-34(3)20-18-9-7-5-2/h23-30,32-34H,4-20,31H2,1-3H3/t34-/m1/s1. The van der Waals surface area contributed by atoms with E-state index in [4.69, 9.17) is 14.2 Å². The molecule has 7 heteroatoms. The molecule has 3 aromatic carbocycles.